The lowest BCUT2D eigenvalue weighted by molar-refractivity contribution is 0.306. The Labute approximate surface area is 162 Å². The van der Waals surface area contributed by atoms with Gasteiger partial charge in [0.25, 0.3) is 0 Å². The van der Waals surface area contributed by atoms with Gasteiger partial charge < -0.3 is 14.6 Å². The van der Waals surface area contributed by atoms with E-state index < -0.39 is 0 Å². The van der Waals surface area contributed by atoms with Gasteiger partial charge in [0.05, 0.1) is 29.6 Å². The Morgan fingerprint density at radius 3 is 2.80 bits per heavy atom. The van der Waals surface area contributed by atoms with Crippen LogP contribution in [0.4, 0.5) is 5.69 Å². The van der Waals surface area contributed by atoms with E-state index in [1.807, 2.05) is 37.3 Å². The lowest BCUT2D eigenvalue weighted by atomic mass is 10.2. The predicted molar refractivity (Wildman–Crippen MR) is 109 cm³/mol. The minimum Gasteiger partial charge on any atom is -0.467 e. The molecule has 3 nitrogen and oxygen atoms in total. The summed E-state index contributed by atoms with van der Waals surface area (Å²) >= 11 is 13.8. The van der Waals surface area contributed by atoms with Crippen molar-refractivity contribution in [3.63, 3.8) is 0 Å². The third kappa shape index (κ3) is 4.42. The molecule has 0 aliphatic carbocycles. The zero-order chi connectivity index (χ0) is 17.8. The van der Waals surface area contributed by atoms with E-state index in [1.165, 1.54) is 4.88 Å². The molecule has 0 amide bonds. The Kier molecular flexibility index (Phi) is 5.78. The summed E-state index contributed by atoms with van der Waals surface area (Å²) in [6.07, 6.45) is 1.68. The predicted octanol–water partition coefficient (Wildman–Crippen LogP) is 6.26. The Balaban J connectivity index is 1.83. The molecule has 0 spiro atoms. The molecule has 2 aromatic heterocycles. The summed E-state index contributed by atoms with van der Waals surface area (Å²) in [5, 5.41) is 6.63. The van der Waals surface area contributed by atoms with Crippen molar-refractivity contribution in [2.24, 2.45) is 0 Å². The lowest BCUT2D eigenvalue weighted by Crippen LogP contribution is -2.36. The Morgan fingerprint density at radius 2 is 2.16 bits per heavy atom. The second-order valence-corrected chi connectivity index (χ2v) is 7.59. The second kappa shape index (κ2) is 8.04. The van der Waals surface area contributed by atoms with Gasteiger partial charge in [0, 0.05) is 4.88 Å². The Bertz CT molecular complexity index is 831. The quantitative estimate of drug-likeness (QED) is 0.520. The number of benzene rings is 1. The molecule has 0 radical (unpaired) electrons. The van der Waals surface area contributed by atoms with Crippen LogP contribution in [0.25, 0.3) is 0 Å². The van der Waals surface area contributed by atoms with Crippen LogP contribution in [0.15, 0.2) is 58.5 Å². The molecule has 1 atom stereocenters. The summed E-state index contributed by atoms with van der Waals surface area (Å²) < 4.78 is 5.52. The summed E-state index contributed by atoms with van der Waals surface area (Å²) in [4.78, 5) is 3.35. The SMILES string of the molecule is Cc1ccc(NC(=S)N(Cc2ccco2)[C@H](C)c2cccs2)c(Cl)c1. The zero-order valence-corrected chi connectivity index (χ0v) is 16.4. The molecule has 1 N–H and O–H groups in total. The fourth-order valence-electron chi connectivity index (χ4n) is 2.55. The third-order valence-corrected chi connectivity index (χ3v) is 5.65. The maximum absolute atomic E-state index is 6.34. The van der Waals surface area contributed by atoms with Crippen molar-refractivity contribution < 1.29 is 4.42 Å². The second-order valence-electron chi connectivity index (χ2n) is 5.81. The number of nitrogens with zero attached hydrogens (tertiary/aromatic N) is 1. The Morgan fingerprint density at radius 1 is 1.32 bits per heavy atom. The third-order valence-electron chi connectivity index (χ3n) is 3.96. The minimum atomic E-state index is 0.120. The highest BCUT2D eigenvalue weighted by Crippen LogP contribution is 2.29. The van der Waals surface area contributed by atoms with Crippen molar-refractivity contribution in [2.45, 2.75) is 26.4 Å². The number of hydrogen-bond acceptors (Lipinski definition) is 3. The summed E-state index contributed by atoms with van der Waals surface area (Å²) in [7, 11) is 0. The number of rotatable bonds is 5. The number of anilines is 1. The van der Waals surface area contributed by atoms with Gasteiger partial charge in [-0.05, 0) is 67.3 Å². The molecule has 1 aromatic carbocycles. The average Bonchev–Trinajstić information content (AvgIpc) is 3.28. The standard InChI is InChI=1S/C19H19ClN2OS2/c1-13-7-8-17(16(20)11-13)21-19(24)22(12-15-5-3-9-23-15)14(2)18-6-4-10-25-18/h3-11,14H,12H2,1-2H3,(H,21,24)/t14-/m1/s1. The molecule has 0 saturated carbocycles. The van der Waals surface area contributed by atoms with Crippen molar-refractivity contribution in [3.8, 4) is 0 Å². The molecule has 0 fully saturated rings. The van der Waals surface area contributed by atoms with Gasteiger partial charge in [0.2, 0.25) is 0 Å². The van der Waals surface area contributed by atoms with Gasteiger partial charge in [-0.2, -0.15) is 0 Å². The molecule has 0 aliphatic heterocycles. The molecule has 0 saturated heterocycles. The number of halogens is 1. The van der Waals surface area contributed by atoms with Crippen LogP contribution in [0, 0.1) is 6.92 Å². The van der Waals surface area contributed by atoms with Crippen molar-refractivity contribution in [1.29, 1.82) is 0 Å². The van der Waals surface area contributed by atoms with Crippen LogP contribution in [-0.2, 0) is 6.54 Å². The van der Waals surface area contributed by atoms with Crippen molar-refractivity contribution in [1.82, 2.24) is 4.90 Å². The molecular formula is C19H19ClN2OS2. The number of nitrogens with one attached hydrogen (secondary N) is 1. The average molecular weight is 391 g/mol. The maximum Gasteiger partial charge on any atom is 0.174 e. The zero-order valence-electron chi connectivity index (χ0n) is 14.0. The van der Waals surface area contributed by atoms with Crippen molar-refractivity contribution in [2.75, 3.05) is 5.32 Å². The van der Waals surface area contributed by atoms with Gasteiger partial charge in [-0.15, -0.1) is 11.3 Å². The van der Waals surface area contributed by atoms with Gasteiger partial charge in [0.15, 0.2) is 5.11 Å². The smallest absolute Gasteiger partial charge is 0.174 e. The monoisotopic (exact) mass is 390 g/mol. The van der Waals surface area contributed by atoms with Crippen molar-refractivity contribution in [3.05, 3.63) is 75.3 Å². The van der Waals surface area contributed by atoms with E-state index in [0.717, 1.165) is 17.0 Å². The van der Waals surface area contributed by atoms with Crippen LogP contribution in [0.1, 0.15) is 29.2 Å². The van der Waals surface area contributed by atoms with Gasteiger partial charge in [-0.1, -0.05) is 23.7 Å². The highest BCUT2D eigenvalue weighted by atomic mass is 35.5. The summed E-state index contributed by atoms with van der Waals surface area (Å²) in [5.74, 6) is 0.863. The molecule has 130 valence electrons. The topological polar surface area (TPSA) is 28.4 Å². The molecular weight excluding hydrogens is 372 g/mol. The molecule has 0 aliphatic rings. The van der Waals surface area contributed by atoms with Gasteiger partial charge >= 0.3 is 0 Å². The van der Waals surface area contributed by atoms with Crippen LogP contribution in [0.2, 0.25) is 5.02 Å². The maximum atomic E-state index is 6.34. The summed E-state index contributed by atoms with van der Waals surface area (Å²) in [6, 6.07) is 14.0. The van der Waals surface area contributed by atoms with Crippen LogP contribution in [0.5, 0.6) is 0 Å². The highest BCUT2D eigenvalue weighted by Gasteiger charge is 2.21. The first kappa shape index (κ1) is 18.0. The molecule has 0 bridgehead atoms. The molecule has 6 heteroatoms. The highest BCUT2D eigenvalue weighted by molar-refractivity contribution is 7.80. The Hall–Kier alpha value is -1.82. The largest absolute Gasteiger partial charge is 0.467 e. The molecule has 0 unspecified atom stereocenters. The minimum absolute atomic E-state index is 0.120. The van der Waals surface area contributed by atoms with E-state index in [9.17, 15) is 0 Å². The lowest BCUT2D eigenvalue weighted by Gasteiger charge is -2.31. The van der Waals surface area contributed by atoms with E-state index in [1.54, 1.807) is 17.6 Å². The number of thiophene rings is 1. The van der Waals surface area contributed by atoms with Crippen LogP contribution < -0.4 is 5.32 Å². The molecule has 2 heterocycles. The van der Waals surface area contributed by atoms with E-state index in [0.29, 0.717) is 16.7 Å². The number of hydrogen-bond donors (Lipinski definition) is 1. The fourth-order valence-corrected chi connectivity index (χ4v) is 3.96. The fraction of sp³-hybridized carbons (Fsp3) is 0.211. The number of aryl methyl sites for hydroxylation is 1. The molecule has 3 rings (SSSR count). The van der Waals surface area contributed by atoms with Gasteiger partial charge in [-0.25, -0.2) is 0 Å². The summed E-state index contributed by atoms with van der Waals surface area (Å²) in [6.45, 7) is 4.73. The van der Waals surface area contributed by atoms with Crippen molar-refractivity contribution >= 4 is 46.0 Å². The first-order chi connectivity index (χ1) is 12.0. The first-order valence-corrected chi connectivity index (χ1v) is 9.60. The van der Waals surface area contributed by atoms with Crippen LogP contribution in [0.3, 0.4) is 0 Å². The number of thiocarbonyl (C=S) groups is 1. The van der Waals surface area contributed by atoms with E-state index in [4.69, 9.17) is 28.2 Å². The van der Waals surface area contributed by atoms with E-state index in [-0.39, 0.29) is 6.04 Å². The van der Waals surface area contributed by atoms with Gasteiger partial charge in [-0.3, -0.25) is 0 Å². The van der Waals surface area contributed by atoms with E-state index >= 15 is 0 Å². The van der Waals surface area contributed by atoms with Crippen LogP contribution in [-0.4, -0.2) is 10.0 Å². The van der Waals surface area contributed by atoms with Crippen LogP contribution >= 0.6 is 35.2 Å². The molecule has 3 aromatic rings. The normalized spacial score (nSPS) is 12.0. The summed E-state index contributed by atoms with van der Waals surface area (Å²) in [5.41, 5.74) is 1.92. The number of furan rings is 1. The molecule has 25 heavy (non-hydrogen) atoms. The van der Waals surface area contributed by atoms with E-state index in [2.05, 4.69) is 34.7 Å². The van der Waals surface area contributed by atoms with Gasteiger partial charge in [0.1, 0.15) is 5.76 Å². The first-order valence-electron chi connectivity index (χ1n) is 7.94.